The number of benzene rings is 2. The zero-order chi connectivity index (χ0) is 21.9. The van der Waals surface area contributed by atoms with Gasteiger partial charge in [-0.25, -0.2) is 0 Å². The number of likely N-dealkylation sites (N-methyl/N-ethyl adjacent to an activating group) is 1. The number of hydrogen-bond donors (Lipinski definition) is 2. The van der Waals surface area contributed by atoms with Crippen molar-refractivity contribution in [2.75, 3.05) is 50.5 Å². The monoisotopic (exact) mass is 416 g/mol. The third kappa shape index (κ3) is 6.63. The fraction of sp³-hybridized carbons (Fsp3) is 0.381. The average Bonchev–Trinajstić information content (AvgIpc) is 2.75. The minimum atomic E-state index is -0.495. The summed E-state index contributed by atoms with van der Waals surface area (Å²) in [6.07, 6.45) is 0. The molecule has 0 bridgehead atoms. The molecule has 2 N–H and O–H groups in total. The molecule has 30 heavy (non-hydrogen) atoms. The molecule has 0 aliphatic carbocycles. The zero-order valence-corrected chi connectivity index (χ0v) is 17.5. The number of nitro benzene ring substituents is 1. The van der Waals surface area contributed by atoms with Gasteiger partial charge in [0.2, 0.25) is 5.91 Å². The molecule has 0 atom stereocenters. The summed E-state index contributed by atoms with van der Waals surface area (Å²) >= 11 is 0. The highest BCUT2D eigenvalue weighted by molar-refractivity contribution is 5.94. The first-order valence-corrected chi connectivity index (χ1v) is 9.78. The Labute approximate surface area is 176 Å². The fourth-order valence-corrected chi connectivity index (χ4v) is 2.85. The number of carbonyl (C=O) groups excluding carboxylic acids is 1. The summed E-state index contributed by atoms with van der Waals surface area (Å²) < 4.78 is 11.2. The second-order valence-corrected chi connectivity index (χ2v) is 6.42. The van der Waals surface area contributed by atoms with Crippen LogP contribution in [-0.4, -0.2) is 55.6 Å². The standard InChI is InChI=1S/C21H28N4O5/c1-4-24(5-2)12-13-30-20-14-16(10-11-19(20)29-3)23-21(26)15-22-17-8-6-7-9-18(17)25(27)28/h6-11,14,22H,4-5,12-13,15H2,1-3H3,(H,23,26). The highest BCUT2D eigenvalue weighted by Gasteiger charge is 2.14. The van der Waals surface area contributed by atoms with Gasteiger partial charge in [-0.15, -0.1) is 0 Å². The van der Waals surface area contributed by atoms with Gasteiger partial charge in [-0.2, -0.15) is 0 Å². The van der Waals surface area contributed by atoms with Crippen molar-refractivity contribution in [2.24, 2.45) is 0 Å². The molecule has 9 heteroatoms. The Morgan fingerprint density at radius 1 is 1.13 bits per heavy atom. The van der Waals surface area contributed by atoms with Crippen LogP contribution >= 0.6 is 0 Å². The van der Waals surface area contributed by atoms with Gasteiger partial charge in [0.1, 0.15) is 12.3 Å². The lowest BCUT2D eigenvalue weighted by molar-refractivity contribution is -0.383. The number of rotatable bonds is 12. The first kappa shape index (κ1) is 23.0. The molecule has 0 unspecified atom stereocenters. The number of methoxy groups -OCH3 is 1. The maximum Gasteiger partial charge on any atom is 0.292 e. The van der Waals surface area contributed by atoms with Gasteiger partial charge in [0.05, 0.1) is 18.6 Å². The molecule has 1 amide bonds. The number of carbonyl (C=O) groups is 1. The van der Waals surface area contributed by atoms with Gasteiger partial charge in [0.15, 0.2) is 11.5 Å². The first-order valence-electron chi connectivity index (χ1n) is 9.78. The van der Waals surface area contributed by atoms with Crippen molar-refractivity contribution in [3.8, 4) is 11.5 Å². The summed E-state index contributed by atoms with van der Waals surface area (Å²) in [4.78, 5) is 25.1. The minimum absolute atomic E-state index is 0.0846. The molecular weight excluding hydrogens is 388 g/mol. The van der Waals surface area contributed by atoms with E-state index in [0.717, 1.165) is 19.6 Å². The van der Waals surface area contributed by atoms with E-state index in [4.69, 9.17) is 9.47 Å². The maximum absolute atomic E-state index is 12.3. The van der Waals surface area contributed by atoms with Crippen LogP contribution in [0.4, 0.5) is 17.1 Å². The van der Waals surface area contributed by atoms with Crippen LogP contribution in [0.5, 0.6) is 11.5 Å². The van der Waals surface area contributed by atoms with Crippen LogP contribution in [0, 0.1) is 10.1 Å². The van der Waals surface area contributed by atoms with Crippen molar-refractivity contribution in [1.29, 1.82) is 0 Å². The number of nitrogens with one attached hydrogen (secondary N) is 2. The van der Waals surface area contributed by atoms with E-state index < -0.39 is 4.92 Å². The first-order chi connectivity index (χ1) is 14.5. The Morgan fingerprint density at radius 2 is 1.87 bits per heavy atom. The molecule has 0 heterocycles. The number of para-hydroxylation sites is 2. The summed E-state index contributed by atoms with van der Waals surface area (Å²) in [5.74, 6) is 0.770. The molecular formula is C21H28N4O5. The second kappa shape index (κ2) is 11.6. The Morgan fingerprint density at radius 3 is 2.53 bits per heavy atom. The van der Waals surface area contributed by atoms with Crippen molar-refractivity contribution in [3.05, 3.63) is 52.6 Å². The third-order valence-corrected chi connectivity index (χ3v) is 4.55. The molecule has 0 aliphatic rings. The largest absolute Gasteiger partial charge is 0.493 e. The average molecular weight is 416 g/mol. The molecule has 0 fully saturated rings. The van der Waals surface area contributed by atoms with Crippen molar-refractivity contribution in [1.82, 2.24) is 4.90 Å². The van der Waals surface area contributed by atoms with E-state index in [2.05, 4.69) is 29.4 Å². The van der Waals surface area contributed by atoms with E-state index in [1.54, 1.807) is 43.5 Å². The van der Waals surface area contributed by atoms with E-state index in [9.17, 15) is 14.9 Å². The number of hydrogen-bond acceptors (Lipinski definition) is 7. The molecule has 0 radical (unpaired) electrons. The topological polar surface area (TPSA) is 106 Å². The van der Waals surface area contributed by atoms with Crippen LogP contribution in [0.3, 0.4) is 0 Å². The van der Waals surface area contributed by atoms with Crippen molar-refractivity contribution in [3.63, 3.8) is 0 Å². The van der Waals surface area contributed by atoms with Gasteiger partial charge in [-0.3, -0.25) is 14.9 Å². The lowest BCUT2D eigenvalue weighted by Crippen LogP contribution is -2.28. The van der Waals surface area contributed by atoms with E-state index in [-0.39, 0.29) is 23.8 Å². The van der Waals surface area contributed by atoms with Crippen molar-refractivity contribution < 1.29 is 19.2 Å². The van der Waals surface area contributed by atoms with Crippen molar-refractivity contribution >= 4 is 23.0 Å². The van der Waals surface area contributed by atoms with E-state index in [1.807, 2.05) is 0 Å². The highest BCUT2D eigenvalue weighted by Crippen LogP contribution is 2.30. The lowest BCUT2D eigenvalue weighted by Gasteiger charge is -2.19. The van der Waals surface area contributed by atoms with Crippen LogP contribution in [-0.2, 0) is 4.79 Å². The van der Waals surface area contributed by atoms with Gasteiger partial charge < -0.3 is 25.0 Å². The summed E-state index contributed by atoms with van der Waals surface area (Å²) in [6, 6.07) is 11.3. The number of ether oxygens (including phenoxy) is 2. The molecule has 0 aromatic heterocycles. The fourth-order valence-electron chi connectivity index (χ4n) is 2.85. The van der Waals surface area contributed by atoms with Crippen molar-refractivity contribution in [2.45, 2.75) is 13.8 Å². The quantitative estimate of drug-likeness (QED) is 0.404. The molecule has 2 rings (SSSR count). The molecule has 9 nitrogen and oxygen atoms in total. The summed E-state index contributed by atoms with van der Waals surface area (Å²) in [5.41, 5.74) is 0.745. The van der Waals surface area contributed by atoms with E-state index >= 15 is 0 Å². The van der Waals surface area contributed by atoms with Crippen LogP contribution in [0.15, 0.2) is 42.5 Å². The third-order valence-electron chi connectivity index (χ3n) is 4.55. The molecule has 0 saturated carbocycles. The van der Waals surface area contributed by atoms with Gasteiger partial charge >= 0.3 is 0 Å². The van der Waals surface area contributed by atoms with Gasteiger partial charge in [0.25, 0.3) is 5.69 Å². The minimum Gasteiger partial charge on any atom is -0.493 e. The second-order valence-electron chi connectivity index (χ2n) is 6.42. The van der Waals surface area contributed by atoms with E-state index in [1.165, 1.54) is 6.07 Å². The summed E-state index contributed by atoms with van der Waals surface area (Å²) in [5, 5.41) is 16.6. The molecule has 0 aliphatic heterocycles. The van der Waals surface area contributed by atoms with Crippen LogP contribution in [0.1, 0.15) is 13.8 Å². The van der Waals surface area contributed by atoms with Gasteiger partial charge in [-0.05, 0) is 31.3 Å². The van der Waals surface area contributed by atoms with E-state index in [0.29, 0.717) is 23.8 Å². The molecule has 2 aromatic carbocycles. The summed E-state index contributed by atoms with van der Waals surface area (Å²) in [6.45, 7) is 7.24. The molecule has 0 spiro atoms. The predicted molar refractivity (Wildman–Crippen MR) is 116 cm³/mol. The van der Waals surface area contributed by atoms with Gasteiger partial charge in [0, 0.05) is 24.4 Å². The van der Waals surface area contributed by atoms with Gasteiger partial charge in [-0.1, -0.05) is 26.0 Å². The Balaban J connectivity index is 1.97. The lowest BCUT2D eigenvalue weighted by atomic mass is 10.2. The number of nitrogens with zero attached hydrogens (tertiary/aromatic N) is 2. The Hall–Kier alpha value is -3.33. The molecule has 2 aromatic rings. The normalized spacial score (nSPS) is 10.5. The number of nitro groups is 1. The van der Waals surface area contributed by atoms with Crippen LogP contribution < -0.4 is 20.1 Å². The number of amides is 1. The molecule has 0 saturated heterocycles. The highest BCUT2D eigenvalue weighted by atomic mass is 16.6. The SMILES string of the molecule is CCN(CC)CCOc1cc(NC(=O)CNc2ccccc2[N+](=O)[O-])ccc1OC. The summed E-state index contributed by atoms with van der Waals surface area (Å²) in [7, 11) is 1.56. The predicted octanol–water partition coefficient (Wildman–Crippen LogP) is 3.37. The molecule has 162 valence electrons. The van der Waals surface area contributed by atoms with Crippen LogP contribution in [0.25, 0.3) is 0 Å². The zero-order valence-electron chi connectivity index (χ0n) is 17.5. The Bertz CT molecular complexity index is 855. The number of anilines is 2. The van der Waals surface area contributed by atoms with Crippen LogP contribution in [0.2, 0.25) is 0 Å². The Kier molecular flexibility index (Phi) is 8.89. The smallest absolute Gasteiger partial charge is 0.292 e. The maximum atomic E-state index is 12.3.